The lowest BCUT2D eigenvalue weighted by Crippen LogP contribution is -2.35. The first-order valence-corrected chi connectivity index (χ1v) is 5.77. The normalized spacial score (nSPS) is 23.2. The number of hydrogen-bond acceptors (Lipinski definition) is 3. The van der Waals surface area contributed by atoms with Crippen LogP contribution in [0.2, 0.25) is 0 Å². The number of ether oxygens (including phenoxy) is 1. The van der Waals surface area contributed by atoms with Gasteiger partial charge < -0.3 is 14.9 Å². The molecule has 0 spiro atoms. The molecule has 18 heavy (non-hydrogen) atoms. The molecule has 100 valence electrons. The highest BCUT2D eigenvalue weighted by atomic mass is 16.5. The third-order valence-corrected chi connectivity index (χ3v) is 3.42. The minimum absolute atomic E-state index is 0.0315. The van der Waals surface area contributed by atoms with Gasteiger partial charge in [-0.1, -0.05) is 17.7 Å². The Kier molecular flexibility index (Phi) is 4.67. The van der Waals surface area contributed by atoms with Crippen molar-refractivity contribution < 1.29 is 24.5 Å². The van der Waals surface area contributed by atoms with Gasteiger partial charge in [-0.2, -0.15) is 0 Å². The maximum absolute atomic E-state index is 11.5. The molecule has 0 amide bonds. The summed E-state index contributed by atoms with van der Waals surface area (Å²) in [5, 5.41) is 18.5. The van der Waals surface area contributed by atoms with Crippen molar-refractivity contribution in [1.82, 2.24) is 0 Å². The molecule has 0 aromatic carbocycles. The molecule has 2 N–H and O–H groups in total. The van der Waals surface area contributed by atoms with Crippen molar-refractivity contribution in [3.63, 3.8) is 0 Å². The van der Waals surface area contributed by atoms with Gasteiger partial charge in [0.2, 0.25) is 0 Å². The van der Waals surface area contributed by atoms with Gasteiger partial charge in [-0.15, -0.1) is 0 Å². The fraction of sp³-hybridized carbons (Fsp3) is 0.538. The van der Waals surface area contributed by atoms with E-state index in [0.717, 1.165) is 0 Å². The first-order valence-electron chi connectivity index (χ1n) is 5.77. The Labute approximate surface area is 106 Å². The Morgan fingerprint density at radius 2 is 2.06 bits per heavy atom. The molecule has 5 heteroatoms. The average Bonchev–Trinajstić information content (AvgIpc) is 2.31. The van der Waals surface area contributed by atoms with Crippen LogP contribution in [0.1, 0.15) is 26.2 Å². The number of hydrogen-bond donors (Lipinski definition) is 2. The standard InChI is InChI=1S/C13H18O5/c1-9-4-5-10(11(14)15)8-13(9,12(16)17)6-3-7-18-2/h4-5H,3,6-8H2,1-2H3,(H,14,15)(H,16,17). The van der Waals surface area contributed by atoms with Crippen LogP contribution in [0.15, 0.2) is 23.3 Å². The van der Waals surface area contributed by atoms with Gasteiger partial charge in [-0.3, -0.25) is 4.79 Å². The number of carbonyl (C=O) groups is 2. The van der Waals surface area contributed by atoms with E-state index in [2.05, 4.69) is 0 Å². The summed E-state index contributed by atoms with van der Waals surface area (Å²) < 4.78 is 4.92. The monoisotopic (exact) mass is 254 g/mol. The zero-order valence-electron chi connectivity index (χ0n) is 10.6. The van der Waals surface area contributed by atoms with E-state index in [4.69, 9.17) is 9.84 Å². The Bertz CT molecular complexity index is 408. The maximum Gasteiger partial charge on any atom is 0.331 e. The molecule has 0 aromatic heterocycles. The van der Waals surface area contributed by atoms with Crippen LogP contribution in [0.25, 0.3) is 0 Å². The molecule has 0 aromatic rings. The van der Waals surface area contributed by atoms with Gasteiger partial charge in [0, 0.05) is 19.3 Å². The molecule has 5 nitrogen and oxygen atoms in total. The topological polar surface area (TPSA) is 83.8 Å². The lowest BCUT2D eigenvalue weighted by Gasteiger charge is -2.33. The number of aliphatic carboxylic acids is 2. The number of methoxy groups -OCH3 is 1. The molecule has 1 aliphatic carbocycles. The summed E-state index contributed by atoms with van der Waals surface area (Å²) in [6, 6.07) is 0. The van der Waals surface area contributed by atoms with Gasteiger partial charge >= 0.3 is 11.9 Å². The van der Waals surface area contributed by atoms with Crippen molar-refractivity contribution in [2.45, 2.75) is 26.2 Å². The lowest BCUT2D eigenvalue weighted by atomic mass is 9.70. The second-order valence-electron chi connectivity index (χ2n) is 4.51. The molecule has 0 radical (unpaired) electrons. The Morgan fingerprint density at radius 3 is 2.56 bits per heavy atom. The van der Waals surface area contributed by atoms with Crippen molar-refractivity contribution in [2.24, 2.45) is 5.41 Å². The Morgan fingerprint density at radius 1 is 1.39 bits per heavy atom. The molecule has 1 unspecified atom stereocenters. The molecular formula is C13H18O5. The summed E-state index contributed by atoms with van der Waals surface area (Å²) in [4.78, 5) is 22.5. The smallest absolute Gasteiger partial charge is 0.331 e. The second kappa shape index (κ2) is 5.82. The van der Waals surface area contributed by atoms with E-state index in [1.54, 1.807) is 20.1 Å². The number of carboxylic acids is 2. The molecule has 0 heterocycles. The van der Waals surface area contributed by atoms with E-state index in [-0.39, 0.29) is 12.0 Å². The largest absolute Gasteiger partial charge is 0.481 e. The van der Waals surface area contributed by atoms with Gasteiger partial charge in [0.1, 0.15) is 0 Å². The van der Waals surface area contributed by atoms with Gasteiger partial charge in [0.05, 0.1) is 5.41 Å². The van der Waals surface area contributed by atoms with Crippen LogP contribution in [0, 0.1) is 5.41 Å². The van der Waals surface area contributed by atoms with E-state index in [1.807, 2.05) is 0 Å². The molecule has 0 saturated heterocycles. The molecule has 0 bridgehead atoms. The van der Waals surface area contributed by atoms with E-state index < -0.39 is 17.4 Å². The molecule has 0 fully saturated rings. The average molecular weight is 254 g/mol. The van der Waals surface area contributed by atoms with Gasteiger partial charge in [0.25, 0.3) is 0 Å². The fourth-order valence-electron chi connectivity index (χ4n) is 2.21. The van der Waals surface area contributed by atoms with E-state index >= 15 is 0 Å². The van der Waals surface area contributed by atoms with Crippen molar-refractivity contribution in [2.75, 3.05) is 13.7 Å². The van der Waals surface area contributed by atoms with Crippen LogP contribution >= 0.6 is 0 Å². The van der Waals surface area contributed by atoms with Gasteiger partial charge in [-0.25, -0.2) is 4.79 Å². The summed E-state index contributed by atoms with van der Waals surface area (Å²) in [5.41, 5.74) is -0.280. The summed E-state index contributed by atoms with van der Waals surface area (Å²) >= 11 is 0. The quantitative estimate of drug-likeness (QED) is 0.707. The Balaban J connectivity index is 2.98. The van der Waals surface area contributed by atoms with E-state index in [9.17, 15) is 14.7 Å². The molecule has 1 rings (SSSR count). The van der Waals surface area contributed by atoms with Gasteiger partial charge in [-0.05, 0) is 26.2 Å². The summed E-state index contributed by atoms with van der Waals surface area (Å²) in [6.45, 7) is 2.20. The number of allylic oxidation sites excluding steroid dienone is 2. The highest BCUT2D eigenvalue weighted by Crippen LogP contribution is 2.42. The van der Waals surface area contributed by atoms with Crippen molar-refractivity contribution in [3.05, 3.63) is 23.3 Å². The summed E-state index contributed by atoms with van der Waals surface area (Å²) in [7, 11) is 1.56. The minimum Gasteiger partial charge on any atom is -0.481 e. The van der Waals surface area contributed by atoms with Crippen molar-refractivity contribution >= 4 is 11.9 Å². The zero-order valence-corrected chi connectivity index (χ0v) is 10.6. The molecular weight excluding hydrogens is 236 g/mol. The first-order chi connectivity index (χ1) is 8.44. The van der Waals surface area contributed by atoms with Crippen LogP contribution in [-0.2, 0) is 14.3 Å². The third kappa shape index (κ3) is 2.79. The third-order valence-electron chi connectivity index (χ3n) is 3.42. The predicted octanol–water partition coefficient (Wildman–Crippen LogP) is 1.85. The van der Waals surface area contributed by atoms with Crippen molar-refractivity contribution in [3.8, 4) is 0 Å². The molecule has 0 saturated carbocycles. The first kappa shape index (κ1) is 14.4. The summed E-state index contributed by atoms with van der Waals surface area (Å²) in [5.74, 6) is -2.03. The van der Waals surface area contributed by atoms with Gasteiger partial charge in [0.15, 0.2) is 0 Å². The van der Waals surface area contributed by atoms with Crippen LogP contribution in [0.4, 0.5) is 0 Å². The second-order valence-corrected chi connectivity index (χ2v) is 4.51. The fourth-order valence-corrected chi connectivity index (χ4v) is 2.21. The van der Waals surface area contributed by atoms with Crippen LogP contribution in [0.5, 0.6) is 0 Å². The van der Waals surface area contributed by atoms with Crippen LogP contribution < -0.4 is 0 Å². The maximum atomic E-state index is 11.5. The van der Waals surface area contributed by atoms with E-state index in [0.29, 0.717) is 25.0 Å². The molecule has 0 aliphatic heterocycles. The zero-order chi connectivity index (χ0) is 13.8. The van der Waals surface area contributed by atoms with E-state index in [1.165, 1.54) is 6.08 Å². The van der Waals surface area contributed by atoms with Crippen LogP contribution in [-0.4, -0.2) is 35.9 Å². The predicted molar refractivity (Wildman–Crippen MR) is 65.3 cm³/mol. The SMILES string of the molecule is COCCCC1(C(=O)O)CC(C(=O)O)=CC=C1C. The molecule has 1 aliphatic rings. The number of rotatable bonds is 6. The highest BCUT2D eigenvalue weighted by Gasteiger charge is 2.42. The number of carboxylic acid groups (broad SMARTS) is 2. The minimum atomic E-state index is -1.11. The lowest BCUT2D eigenvalue weighted by molar-refractivity contribution is -0.147. The Hall–Kier alpha value is -1.62. The highest BCUT2D eigenvalue weighted by molar-refractivity contribution is 5.90. The molecule has 1 atom stereocenters. The van der Waals surface area contributed by atoms with Crippen LogP contribution in [0.3, 0.4) is 0 Å². The van der Waals surface area contributed by atoms with Crippen molar-refractivity contribution in [1.29, 1.82) is 0 Å². The summed E-state index contributed by atoms with van der Waals surface area (Å²) in [6.07, 6.45) is 4.07.